The Labute approximate surface area is 111 Å². The molecule has 0 amide bonds. The number of furan rings is 1. The van der Waals surface area contributed by atoms with E-state index in [2.05, 4.69) is 4.98 Å². The van der Waals surface area contributed by atoms with Gasteiger partial charge in [-0.3, -0.25) is 0 Å². The molecule has 2 N–H and O–H groups in total. The monoisotopic (exact) mass is 281 g/mol. The molecule has 0 radical (unpaired) electrons. The third kappa shape index (κ3) is 2.94. The smallest absolute Gasteiger partial charge is 0.245 e. The van der Waals surface area contributed by atoms with Gasteiger partial charge < -0.3 is 10.2 Å². The molecule has 0 saturated carbocycles. The number of nitrogen functional groups attached to an aromatic ring is 1. The number of rotatable bonds is 5. The fraction of sp³-hybridized carbons (Fsp3) is 0.250. The van der Waals surface area contributed by atoms with Crippen LogP contribution in [0.5, 0.6) is 0 Å². The minimum atomic E-state index is -3.59. The summed E-state index contributed by atoms with van der Waals surface area (Å²) in [7, 11) is -3.59. The van der Waals surface area contributed by atoms with Gasteiger partial charge in [-0.2, -0.15) is 4.31 Å². The summed E-state index contributed by atoms with van der Waals surface area (Å²) in [5.74, 6) is 0.877. The average Bonchev–Trinajstić information content (AvgIpc) is 2.89. The molecule has 2 aromatic rings. The third-order valence-corrected chi connectivity index (χ3v) is 4.57. The highest BCUT2D eigenvalue weighted by Gasteiger charge is 2.24. The zero-order valence-electron chi connectivity index (χ0n) is 10.5. The number of pyridine rings is 1. The van der Waals surface area contributed by atoms with Gasteiger partial charge in [-0.25, -0.2) is 13.4 Å². The minimum absolute atomic E-state index is 0.120. The molecule has 6 nitrogen and oxygen atoms in total. The van der Waals surface area contributed by atoms with Gasteiger partial charge in [-0.1, -0.05) is 6.92 Å². The Hall–Kier alpha value is -1.86. The van der Waals surface area contributed by atoms with Crippen LogP contribution in [0.2, 0.25) is 0 Å². The van der Waals surface area contributed by atoms with Crippen LogP contribution in [-0.4, -0.2) is 24.3 Å². The summed E-state index contributed by atoms with van der Waals surface area (Å²) in [5, 5.41) is 0. The highest BCUT2D eigenvalue weighted by atomic mass is 32.2. The van der Waals surface area contributed by atoms with E-state index in [1.165, 1.54) is 28.9 Å². The van der Waals surface area contributed by atoms with Gasteiger partial charge in [0.2, 0.25) is 10.0 Å². The molecule has 2 heterocycles. The lowest BCUT2D eigenvalue weighted by molar-refractivity contribution is 0.375. The second-order valence-electron chi connectivity index (χ2n) is 3.93. The van der Waals surface area contributed by atoms with Crippen molar-refractivity contribution in [2.45, 2.75) is 18.4 Å². The molecule has 0 saturated heterocycles. The average molecular weight is 281 g/mol. The molecule has 7 heteroatoms. The maximum absolute atomic E-state index is 12.4. The molecule has 19 heavy (non-hydrogen) atoms. The van der Waals surface area contributed by atoms with E-state index in [4.69, 9.17) is 10.2 Å². The molecular weight excluding hydrogens is 266 g/mol. The van der Waals surface area contributed by atoms with Crippen molar-refractivity contribution in [3.63, 3.8) is 0 Å². The second-order valence-corrected chi connectivity index (χ2v) is 5.87. The molecule has 0 bridgehead atoms. The summed E-state index contributed by atoms with van der Waals surface area (Å²) < 4.78 is 31.3. The molecule has 0 unspecified atom stereocenters. The number of aromatic nitrogens is 1. The van der Waals surface area contributed by atoms with E-state index in [0.717, 1.165) is 0 Å². The van der Waals surface area contributed by atoms with Gasteiger partial charge in [0, 0.05) is 12.7 Å². The Balaban J connectivity index is 2.28. The van der Waals surface area contributed by atoms with E-state index in [1.54, 1.807) is 19.1 Å². The molecule has 2 rings (SSSR count). The van der Waals surface area contributed by atoms with Crippen molar-refractivity contribution in [3.05, 3.63) is 42.5 Å². The highest BCUT2D eigenvalue weighted by molar-refractivity contribution is 7.89. The van der Waals surface area contributed by atoms with Crippen molar-refractivity contribution in [1.29, 1.82) is 0 Å². The van der Waals surface area contributed by atoms with Crippen molar-refractivity contribution < 1.29 is 12.8 Å². The van der Waals surface area contributed by atoms with Crippen molar-refractivity contribution in [3.8, 4) is 0 Å². The van der Waals surface area contributed by atoms with E-state index in [9.17, 15) is 8.42 Å². The maximum atomic E-state index is 12.4. The van der Waals surface area contributed by atoms with Gasteiger partial charge in [0.1, 0.15) is 16.5 Å². The number of nitrogens with two attached hydrogens (primary N) is 1. The first-order chi connectivity index (χ1) is 9.04. The van der Waals surface area contributed by atoms with Gasteiger partial charge in [0.05, 0.1) is 12.8 Å². The number of sulfonamides is 1. The number of nitrogens with zero attached hydrogens (tertiary/aromatic N) is 2. The van der Waals surface area contributed by atoms with E-state index in [0.29, 0.717) is 12.3 Å². The standard InChI is InChI=1S/C12H15N3O3S/c1-2-15(9-10-4-3-7-18-10)19(16,17)11-5-6-12(13)14-8-11/h3-8H,2,9H2,1H3,(H2,13,14). The summed E-state index contributed by atoms with van der Waals surface area (Å²) in [6.07, 6.45) is 2.77. The first-order valence-corrected chi connectivity index (χ1v) is 7.22. The highest BCUT2D eigenvalue weighted by Crippen LogP contribution is 2.18. The van der Waals surface area contributed by atoms with Gasteiger partial charge in [-0.05, 0) is 24.3 Å². The predicted molar refractivity (Wildman–Crippen MR) is 70.6 cm³/mol. The van der Waals surface area contributed by atoms with Crippen LogP contribution in [0.1, 0.15) is 12.7 Å². The topological polar surface area (TPSA) is 89.4 Å². The SMILES string of the molecule is CCN(Cc1ccco1)S(=O)(=O)c1ccc(N)nc1. The van der Waals surface area contributed by atoms with Crippen LogP contribution in [-0.2, 0) is 16.6 Å². The Kier molecular flexibility index (Phi) is 3.87. The van der Waals surface area contributed by atoms with E-state index < -0.39 is 10.0 Å². The first-order valence-electron chi connectivity index (χ1n) is 5.78. The largest absolute Gasteiger partial charge is 0.468 e. The summed E-state index contributed by atoms with van der Waals surface area (Å²) >= 11 is 0. The van der Waals surface area contributed by atoms with Gasteiger partial charge in [-0.15, -0.1) is 0 Å². The Morgan fingerprint density at radius 2 is 2.16 bits per heavy atom. The molecule has 0 fully saturated rings. The summed E-state index contributed by atoms with van der Waals surface area (Å²) in [5.41, 5.74) is 5.45. The molecule has 2 aromatic heterocycles. The molecule has 0 aliphatic rings. The quantitative estimate of drug-likeness (QED) is 0.896. The molecule has 0 aromatic carbocycles. The molecule has 0 atom stereocenters. The lowest BCUT2D eigenvalue weighted by atomic mass is 10.4. The molecule has 0 spiro atoms. The zero-order chi connectivity index (χ0) is 13.9. The number of anilines is 1. The number of hydrogen-bond donors (Lipinski definition) is 1. The Bertz CT molecular complexity index is 621. The number of hydrogen-bond acceptors (Lipinski definition) is 5. The third-order valence-electron chi connectivity index (χ3n) is 2.66. The minimum Gasteiger partial charge on any atom is -0.468 e. The van der Waals surface area contributed by atoms with Crippen LogP contribution in [0, 0.1) is 0 Å². The van der Waals surface area contributed by atoms with E-state index >= 15 is 0 Å². The zero-order valence-corrected chi connectivity index (χ0v) is 11.3. The molecule has 0 aliphatic heterocycles. The van der Waals surface area contributed by atoms with Crippen molar-refractivity contribution in [2.75, 3.05) is 12.3 Å². The molecule has 0 aliphatic carbocycles. The van der Waals surface area contributed by atoms with Gasteiger partial charge in [0.25, 0.3) is 0 Å². The summed E-state index contributed by atoms with van der Waals surface area (Å²) in [4.78, 5) is 3.93. The van der Waals surface area contributed by atoms with E-state index in [-0.39, 0.29) is 17.3 Å². The molecular formula is C12H15N3O3S. The van der Waals surface area contributed by atoms with Crippen LogP contribution < -0.4 is 5.73 Å². The normalized spacial score (nSPS) is 11.9. The van der Waals surface area contributed by atoms with Crippen LogP contribution in [0.4, 0.5) is 5.82 Å². The van der Waals surface area contributed by atoms with Crippen LogP contribution >= 0.6 is 0 Å². The van der Waals surface area contributed by atoms with Crippen molar-refractivity contribution >= 4 is 15.8 Å². The predicted octanol–water partition coefficient (Wildman–Crippen LogP) is 1.47. The van der Waals surface area contributed by atoms with Crippen LogP contribution in [0.3, 0.4) is 0 Å². The summed E-state index contributed by atoms with van der Waals surface area (Å²) in [6, 6.07) is 6.37. The first kappa shape index (κ1) is 13.6. The van der Waals surface area contributed by atoms with Crippen molar-refractivity contribution in [2.24, 2.45) is 0 Å². The lowest BCUT2D eigenvalue weighted by Crippen LogP contribution is -2.30. The van der Waals surface area contributed by atoms with E-state index in [1.807, 2.05) is 0 Å². The van der Waals surface area contributed by atoms with Crippen LogP contribution in [0.25, 0.3) is 0 Å². The Morgan fingerprint density at radius 1 is 1.37 bits per heavy atom. The Morgan fingerprint density at radius 3 is 2.68 bits per heavy atom. The molecule has 102 valence electrons. The van der Waals surface area contributed by atoms with Crippen molar-refractivity contribution in [1.82, 2.24) is 9.29 Å². The second kappa shape index (κ2) is 5.41. The fourth-order valence-electron chi connectivity index (χ4n) is 1.64. The van der Waals surface area contributed by atoms with Crippen LogP contribution in [0.15, 0.2) is 46.0 Å². The maximum Gasteiger partial charge on any atom is 0.245 e. The summed E-state index contributed by atoms with van der Waals surface area (Å²) in [6.45, 7) is 2.30. The fourth-order valence-corrected chi connectivity index (χ4v) is 3.00. The lowest BCUT2D eigenvalue weighted by Gasteiger charge is -2.19. The van der Waals surface area contributed by atoms with Gasteiger partial charge in [0.15, 0.2) is 0 Å². The van der Waals surface area contributed by atoms with Gasteiger partial charge >= 0.3 is 0 Å².